The Balaban J connectivity index is 0.00000103. The van der Waals surface area contributed by atoms with Crippen LogP contribution in [0.25, 0.3) is 16.9 Å². The molecule has 3 aromatic rings. The van der Waals surface area contributed by atoms with E-state index < -0.39 is 0 Å². The van der Waals surface area contributed by atoms with E-state index in [-0.39, 0.29) is 24.2 Å². The fourth-order valence-electron chi connectivity index (χ4n) is 4.01. The average Bonchev–Trinajstić information content (AvgIpc) is 3.27. The highest BCUT2D eigenvalue weighted by atomic mass is 35.5. The Bertz CT molecular complexity index is 1100. The van der Waals surface area contributed by atoms with Crippen molar-refractivity contribution in [2.24, 2.45) is 0 Å². The van der Waals surface area contributed by atoms with Gasteiger partial charge in [-0.2, -0.15) is 5.10 Å². The number of carbonyl (C=O) groups is 1. The number of aliphatic hydroxyl groups is 1. The number of amides is 1. The zero-order valence-corrected chi connectivity index (χ0v) is 22.4. The topological polar surface area (TPSA) is 67.2 Å². The first kappa shape index (κ1) is 29.1. The third-order valence-electron chi connectivity index (χ3n) is 5.55. The molecule has 0 atom stereocenters. The van der Waals surface area contributed by atoms with Crippen LogP contribution in [0.2, 0.25) is 15.1 Å². The molecule has 0 bridgehead atoms. The van der Waals surface area contributed by atoms with Crippen molar-refractivity contribution in [2.45, 2.75) is 58.6 Å². The van der Waals surface area contributed by atoms with Crippen molar-refractivity contribution in [3.05, 3.63) is 68.8 Å². The van der Waals surface area contributed by atoms with E-state index in [0.29, 0.717) is 39.2 Å². The average molecular weight is 543 g/mol. The van der Waals surface area contributed by atoms with Gasteiger partial charge in [0.15, 0.2) is 5.69 Å². The molecule has 190 valence electrons. The van der Waals surface area contributed by atoms with Gasteiger partial charge in [-0.1, -0.05) is 80.0 Å². The molecule has 0 unspecified atom stereocenters. The molecule has 35 heavy (non-hydrogen) atoms. The second-order valence-corrected chi connectivity index (χ2v) is 8.94. The summed E-state index contributed by atoms with van der Waals surface area (Å²) in [7, 11) is 0.500. The van der Waals surface area contributed by atoms with Crippen molar-refractivity contribution in [3.63, 3.8) is 0 Å². The number of aliphatic hydroxyl groups excluding tert-OH is 1. The second kappa shape index (κ2) is 14.4. The van der Waals surface area contributed by atoms with Crippen LogP contribution in [0.1, 0.15) is 62.0 Å². The Hall–Kier alpha value is -2.12. The molecule has 0 saturated heterocycles. The fraction of sp³-hybridized carbons (Fsp3) is 0.385. The molecule has 2 N–H and O–H groups in total. The standard InChI is InChI=1S/C23H22Cl3N3O2.C2H6.CH3F/c24-15-8-6-14(7-9-15)22-18(13-30)21(23(31)27-17-4-2-1-3-5-17)28-29(22)20-11-10-16(25)12-19(20)26;2*1-2/h6-12,17,30H,1-5,13H2,(H,27,31);1-2H3;1H3. The quantitative estimate of drug-likeness (QED) is 0.348. The molecule has 1 amide bonds. The maximum Gasteiger partial charge on any atom is 0.272 e. The fourth-order valence-corrected chi connectivity index (χ4v) is 4.63. The lowest BCUT2D eigenvalue weighted by Gasteiger charge is -2.22. The normalized spacial score (nSPS) is 13.3. The minimum absolute atomic E-state index is 0.121. The summed E-state index contributed by atoms with van der Waals surface area (Å²) in [6.07, 6.45) is 5.30. The van der Waals surface area contributed by atoms with Crippen molar-refractivity contribution >= 4 is 40.7 Å². The first-order valence-corrected chi connectivity index (χ1v) is 12.7. The molecule has 2 aromatic carbocycles. The monoisotopic (exact) mass is 541 g/mol. The predicted molar refractivity (Wildman–Crippen MR) is 143 cm³/mol. The number of alkyl halides is 1. The smallest absolute Gasteiger partial charge is 0.272 e. The highest BCUT2D eigenvalue weighted by Gasteiger charge is 2.27. The number of nitrogens with one attached hydrogen (secondary N) is 1. The van der Waals surface area contributed by atoms with E-state index in [9.17, 15) is 14.3 Å². The summed E-state index contributed by atoms with van der Waals surface area (Å²) in [5.74, 6) is -0.296. The van der Waals surface area contributed by atoms with Gasteiger partial charge in [0.05, 0.1) is 30.2 Å². The Morgan fingerprint density at radius 3 is 2.20 bits per heavy atom. The molecular weight excluding hydrogens is 512 g/mol. The first-order valence-electron chi connectivity index (χ1n) is 11.6. The molecule has 4 rings (SSSR count). The molecule has 5 nitrogen and oxygen atoms in total. The molecule has 1 aliphatic carbocycles. The number of hydrogen-bond donors (Lipinski definition) is 2. The van der Waals surface area contributed by atoms with Crippen molar-refractivity contribution in [1.29, 1.82) is 0 Å². The van der Waals surface area contributed by atoms with Gasteiger partial charge in [0.1, 0.15) is 0 Å². The van der Waals surface area contributed by atoms with Gasteiger partial charge in [-0.05, 0) is 43.2 Å². The maximum atomic E-state index is 13.1. The number of aromatic nitrogens is 2. The van der Waals surface area contributed by atoms with Gasteiger partial charge >= 0.3 is 0 Å². The summed E-state index contributed by atoms with van der Waals surface area (Å²) in [5.41, 5.74) is 2.51. The summed E-state index contributed by atoms with van der Waals surface area (Å²) >= 11 is 18.6. The van der Waals surface area contributed by atoms with Gasteiger partial charge in [-0.3, -0.25) is 9.18 Å². The first-order chi connectivity index (χ1) is 17.0. The van der Waals surface area contributed by atoms with Crippen LogP contribution in [-0.4, -0.2) is 34.0 Å². The zero-order valence-electron chi connectivity index (χ0n) is 20.1. The molecule has 0 spiro atoms. The van der Waals surface area contributed by atoms with Crippen LogP contribution in [0, 0.1) is 0 Å². The molecule has 1 heterocycles. The number of hydrogen-bond acceptors (Lipinski definition) is 3. The lowest BCUT2D eigenvalue weighted by molar-refractivity contribution is 0.0919. The molecule has 1 aliphatic rings. The van der Waals surface area contributed by atoms with E-state index in [1.807, 2.05) is 26.0 Å². The number of carbonyl (C=O) groups excluding carboxylic acids is 1. The highest BCUT2D eigenvalue weighted by Crippen LogP contribution is 2.34. The molecule has 0 radical (unpaired) electrons. The SMILES string of the molecule is CC.CF.O=C(NC1CCCCC1)c1nn(-c2ccc(Cl)cc2Cl)c(-c2ccc(Cl)cc2)c1CO. The molecule has 1 fully saturated rings. The summed E-state index contributed by atoms with van der Waals surface area (Å²) in [6, 6.07) is 12.3. The minimum Gasteiger partial charge on any atom is -0.392 e. The molecule has 1 aromatic heterocycles. The van der Waals surface area contributed by atoms with E-state index >= 15 is 0 Å². The van der Waals surface area contributed by atoms with Crippen LogP contribution in [0.3, 0.4) is 0 Å². The van der Waals surface area contributed by atoms with Crippen molar-refractivity contribution in [2.75, 3.05) is 7.18 Å². The molecular formula is C26H31Cl3FN3O2. The van der Waals surface area contributed by atoms with Gasteiger partial charge in [0.2, 0.25) is 0 Å². The second-order valence-electron chi connectivity index (χ2n) is 7.66. The van der Waals surface area contributed by atoms with Crippen LogP contribution in [0.4, 0.5) is 4.39 Å². The van der Waals surface area contributed by atoms with E-state index in [1.54, 1.807) is 35.0 Å². The largest absolute Gasteiger partial charge is 0.392 e. The summed E-state index contributed by atoms with van der Waals surface area (Å²) in [4.78, 5) is 13.1. The molecule has 9 heteroatoms. The van der Waals surface area contributed by atoms with E-state index in [4.69, 9.17) is 34.8 Å². The maximum absolute atomic E-state index is 13.1. The number of halogens is 4. The Labute approximate surface area is 221 Å². The van der Waals surface area contributed by atoms with Crippen molar-refractivity contribution < 1.29 is 14.3 Å². The third kappa shape index (κ3) is 7.20. The van der Waals surface area contributed by atoms with E-state index in [1.165, 1.54) is 6.42 Å². The van der Waals surface area contributed by atoms with Gasteiger partial charge in [-0.25, -0.2) is 4.68 Å². The van der Waals surface area contributed by atoms with Crippen molar-refractivity contribution in [1.82, 2.24) is 15.1 Å². The third-order valence-corrected chi connectivity index (χ3v) is 6.34. The van der Waals surface area contributed by atoms with E-state index in [0.717, 1.165) is 31.2 Å². The van der Waals surface area contributed by atoms with Gasteiger partial charge in [0, 0.05) is 27.2 Å². The van der Waals surface area contributed by atoms with Gasteiger partial charge in [-0.15, -0.1) is 0 Å². The lowest BCUT2D eigenvalue weighted by Crippen LogP contribution is -2.36. The lowest BCUT2D eigenvalue weighted by atomic mass is 9.95. The number of rotatable bonds is 5. The highest BCUT2D eigenvalue weighted by molar-refractivity contribution is 6.35. The van der Waals surface area contributed by atoms with Crippen molar-refractivity contribution in [3.8, 4) is 16.9 Å². The molecule has 1 saturated carbocycles. The predicted octanol–water partition coefficient (Wildman–Crippen LogP) is 7.67. The Kier molecular flexibility index (Phi) is 12.0. The number of benzene rings is 2. The summed E-state index contributed by atoms with van der Waals surface area (Å²) in [5, 5.41) is 19.4. The number of nitrogens with zero attached hydrogens (tertiary/aromatic N) is 2. The summed E-state index contributed by atoms with van der Waals surface area (Å²) in [6.45, 7) is 3.65. The van der Waals surface area contributed by atoms with Gasteiger partial charge in [0.25, 0.3) is 5.91 Å². The summed E-state index contributed by atoms with van der Waals surface area (Å²) < 4.78 is 11.1. The van der Waals surface area contributed by atoms with Crippen LogP contribution >= 0.6 is 34.8 Å². The zero-order chi connectivity index (χ0) is 26.0. The van der Waals surface area contributed by atoms with Crippen LogP contribution in [-0.2, 0) is 6.61 Å². The van der Waals surface area contributed by atoms with Crippen LogP contribution in [0.5, 0.6) is 0 Å². The molecule has 0 aliphatic heterocycles. The Morgan fingerprint density at radius 1 is 1.03 bits per heavy atom. The van der Waals surface area contributed by atoms with Crippen LogP contribution < -0.4 is 5.32 Å². The van der Waals surface area contributed by atoms with Gasteiger partial charge < -0.3 is 10.4 Å². The van der Waals surface area contributed by atoms with E-state index in [2.05, 4.69) is 10.4 Å². The minimum atomic E-state index is -0.351. The van der Waals surface area contributed by atoms with Crippen LogP contribution in [0.15, 0.2) is 42.5 Å². The Morgan fingerprint density at radius 2 is 1.63 bits per heavy atom.